The minimum Gasteiger partial charge on any atom is -0.465 e. The SMILES string of the molecule is O=[N+]([O-])c1cc([N+](=O)[O-])c(C=Cc2ccco2)cc1C=Cc1ccco1. The summed E-state index contributed by atoms with van der Waals surface area (Å²) in [7, 11) is 0. The average Bonchev–Trinajstić information content (AvgIpc) is 3.31. The molecule has 8 heteroatoms. The van der Waals surface area contributed by atoms with Crippen molar-refractivity contribution in [2.75, 3.05) is 0 Å². The van der Waals surface area contributed by atoms with Gasteiger partial charge in [0.2, 0.25) is 0 Å². The van der Waals surface area contributed by atoms with Crippen LogP contribution < -0.4 is 0 Å². The number of rotatable bonds is 6. The molecule has 0 fully saturated rings. The monoisotopic (exact) mass is 352 g/mol. The van der Waals surface area contributed by atoms with Crippen molar-refractivity contribution >= 4 is 35.7 Å². The normalized spacial score (nSPS) is 11.4. The van der Waals surface area contributed by atoms with Gasteiger partial charge in [0.15, 0.2) is 0 Å². The van der Waals surface area contributed by atoms with Gasteiger partial charge in [0.1, 0.15) is 11.5 Å². The minimum atomic E-state index is -0.658. The van der Waals surface area contributed by atoms with Crippen LogP contribution in [0.25, 0.3) is 24.3 Å². The van der Waals surface area contributed by atoms with Gasteiger partial charge in [-0.3, -0.25) is 20.2 Å². The second kappa shape index (κ2) is 7.31. The zero-order chi connectivity index (χ0) is 18.5. The molecule has 26 heavy (non-hydrogen) atoms. The molecule has 0 unspecified atom stereocenters. The van der Waals surface area contributed by atoms with E-state index >= 15 is 0 Å². The Morgan fingerprint density at radius 1 is 0.731 bits per heavy atom. The van der Waals surface area contributed by atoms with Gasteiger partial charge >= 0.3 is 0 Å². The van der Waals surface area contributed by atoms with Crippen molar-refractivity contribution in [1.82, 2.24) is 0 Å². The molecule has 0 saturated carbocycles. The summed E-state index contributed by atoms with van der Waals surface area (Å²) in [6, 6.07) is 9.07. The highest BCUT2D eigenvalue weighted by Gasteiger charge is 2.22. The predicted octanol–water partition coefficient (Wildman–Crippen LogP) is 5.03. The molecule has 0 amide bonds. The fourth-order valence-electron chi connectivity index (χ4n) is 2.31. The first-order valence-electron chi connectivity index (χ1n) is 7.44. The van der Waals surface area contributed by atoms with Crippen LogP contribution in [0, 0.1) is 20.2 Å². The van der Waals surface area contributed by atoms with E-state index in [1.807, 2.05) is 0 Å². The molecule has 3 aromatic rings. The Morgan fingerprint density at radius 2 is 1.19 bits per heavy atom. The first-order valence-corrected chi connectivity index (χ1v) is 7.44. The van der Waals surface area contributed by atoms with E-state index in [1.165, 1.54) is 30.7 Å². The van der Waals surface area contributed by atoms with Crippen molar-refractivity contribution in [2.45, 2.75) is 0 Å². The van der Waals surface area contributed by atoms with Gasteiger partial charge in [-0.2, -0.15) is 0 Å². The van der Waals surface area contributed by atoms with E-state index in [9.17, 15) is 20.2 Å². The van der Waals surface area contributed by atoms with E-state index in [4.69, 9.17) is 8.83 Å². The van der Waals surface area contributed by atoms with E-state index < -0.39 is 9.85 Å². The topological polar surface area (TPSA) is 113 Å². The number of hydrogen-bond donors (Lipinski definition) is 0. The molecule has 0 aliphatic heterocycles. The third kappa shape index (κ3) is 3.75. The molecule has 2 aromatic heterocycles. The van der Waals surface area contributed by atoms with Crippen LogP contribution in [-0.2, 0) is 0 Å². The zero-order valence-electron chi connectivity index (χ0n) is 13.3. The fourth-order valence-corrected chi connectivity index (χ4v) is 2.31. The highest BCUT2D eigenvalue weighted by atomic mass is 16.6. The molecule has 0 spiro atoms. The van der Waals surface area contributed by atoms with Crippen LogP contribution in [0.2, 0.25) is 0 Å². The van der Waals surface area contributed by atoms with Crippen LogP contribution in [0.1, 0.15) is 22.6 Å². The molecule has 130 valence electrons. The third-order valence-corrected chi connectivity index (χ3v) is 3.51. The van der Waals surface area contributed by atoms with E-state index in [0.717, 1.165) is 6.07 Å². The lowest BCUT2D eigenvalue weighted by atomic mass is 10.0. The number of furan rings is 2. The summed E-state index contributed by atoms with van der Waals surface area (Å²) >= 11 is 0. The minimum absolute atomic E-state index is 0.219. The van der Waals surface area contributed by atoms with Crippen molar-refractivity contribution in [3.8, 4) is 0 Å². The molecule has 0 aliphatic carbocycles. The number of nitrogens with zero attached hydrogens (tertiary/aromatic N) is 2. The highest BCUT2D eigenvalue weighted by Crippen LogP contribution is 2.31. The largest absolute Gasteiger partial charge is 0.465 e. The zero-order valence-corrected chi connectivity index (χ0v) is 13.3. The van der Waals surface area contributed by atoms with Crippen molar-refractivity contribution in [3.63, 3.8) is 0 Å². The van der Waals surface area contributed by atoms with Crippen LogP contribution >= 0.6 is 0 Å². The van der Waals surface area contributed by atoms with Crippen LogP contribution in [0.4, 0.5) is 11.4 Å². The van der Waals surface area contributed by atoms with Crippen molar-refractivity contribution in [3.05, 3.63) is 91.8 Å². The Labute approximate surface area is 147 Å². The standard InChI is InChI=1S/C18H12N2O6/c21-19(22)17-12-18(20(23)24)14(6-8-16-4-2-10-26-16)11-13(17)5-7-15-3-1-9-25-15/h1-12H. The van der Waals surface area contributed by atoms with Gasteiger partial charge in [0, 0.05) is 0 Å². The Balaban J connectivity index is 2.08. The van der Waals surface area contributed by atoms with Crippen LogP contribution in [0.5, 0.6) is 0 Å². The maximum atomic E-state index is 11.3. The second-order valence-corrected chi connectivity index (χ2v) is 5.18. The molecule has 0 N–H and O–H groups in total. The van der Waals surface area contributed by atoms with Crippen molar-refractivity contribution in [1.29, 1.82) is 0 Å². The first kappa shape index (κ1) is 16.9. The number of nitro groups is 2. The molecular formula is C18H12N2O6. The fraction of sp³-hybridized carbons (Fsp3) is 0. The predicted molar refractivity (Wildman–Crippen MR) is 95.0 cm³/mol. The second-order valence-electron chi connectivity index (χ2n) is 5.18. The van der Waals surface area contributed by atoms with Gasteiger partial charge in [0.05, 0.1) is 39.6 Å². The summed E-state index contributed by atoms with van der Waals surface area (Å²) in [6.07, 6.45) is 9.00. The van der Waals surface area contributed by atoms with E-state index in [1.54, 1.807) is 36.4 Å². The van der Waals surface area contributed by atoms with Gasteiger partial charge in [-0.15, -0.1) is 0 Å². The lowest BCUT2D eigenvalue weighted by molar-refractivity contribution is -0.394. The lowest BCUT2D eigenvalue weighted by Gasteiger charge is -2.02. The van der Waals surface area contributed by atoms with Gasteiger partial charge in [0.25, 0.3) is 11.4 Å². The lowest BCUT2D eigenvalue weighted by Crippen LogP contribution is -1.98. The van der Waals surface area contributed by atoms with Crippen LogP contribution in [0.15, 0.2) is 57.8 Å². The maximum Gasteiger partial charge on any atom is 0.283 e. The van der Waals surface area contributed by atoms with Gasteiger partial charge in [-0.1, -0.05) is 0 Å². The Bertz CT molecular complexity index is 908. The van der Waals surface area contributed by atoms with Crippen molar-refractivity contribution < 1.29 is 18.7 Å². The quantitative estimate of drug-likeness (QED) is 0.454. The molecule has 0 saturated heterocycles. The molecule has 2 heterocycles. The number of hydrogen-bond acceptors (Lipinski definition) is 6. The molecule has 8 nitrogen and oxygen atoms in total. The summed E-state index contributed by atoms with van der Waals surface area (Å²) in [6.45, 7) is 0. The molecular weight excluding hydrogens is 340 g/mol. The van der Waals surface area contributed by atoms with Crippen molar-refractivity contribution in [2.24, 2.45) is 0 Å². The summed E-state index contributed by atoms with van der Waals surface area (Å²) in [5, 5.41) is 22.6. The summed E-state index contributed by atoms with van der Waals surface area (Å²) in [4.78, 5) is 21.3. The Kier molecular flexibility index (Phi) is 4.75. The molecule has 0 bridgehead atoms. The van der Waals surface area contributed by atoms with Gasteiger partial charge < -0.3 is 8.83 Å². The molecule has 3 rings (SSSR count). The van der Waals surface area contributed by atoms with Gasteiger partial charge in [-0.05, 0) is 54.6 Å². The number of benzene rings is 1. The molecule has 0 atom stereocenters. The highest BCUT2D eigenvalue weighted by molar-refractivity contribution is 5.80. The van der Waals surface area contributed by atoms with E-state index in [-0.39, 0.29) is 22.5 Å². The van der Waals surface area contributed by atoms with E-state index in [0.29, 0.717) is 11.5 Å². The maximum absolute atomic E-state index is 11.3. The first-order chi connectivity index (χ1) is 12.5. The Hall–Kier alpha value is -3.94. The number of nitro benzene ring substituents is 2. The van der Waals surface area contributed by atoms with E-state index in [2.05, 4.69) is 0 Å². The average molecular weight is 352 g/mol. The molecule has 1 aromatic carbocycles. The van der Waals surface area contributed by atoms with Gasteiger partial charge in [-0.25, -0.2) is 0 Å². The van der Waals surface area contributed by atoms with Crippen LogP contribution in [0.3, 0.4) is 0 Å². The summed E-state index contributed by atoms with van der Waals surface area (Å²) in [5.74, 6) is 1.01. The third-order valence-electron chi connectivity index (χ3n) is 3.51. The van der Waals surface area contributed by atoms with Crippen LogP contribution in [-0.4, -0.2) is 9.85 Å². The smallest absolute Gasteiger partial charge is 0.283 e. The molecule has 0 radical (unpaired) electrons. The summed E-state index contributed by atoms with van der Waals surface area (Å²) < 4.78 is 10.3. The molecule has 0 aliphatic rings. The Morgan fingerprint density at radius 3 is 1.54 bits per heavy atom. The summed E-state index contributed by atoms with van der Waals surface area (Å²) in [5.41, 5.74) is -0.295.